The molecule has 0 atom stereocenters. The first-order valence-corrected chi connectivity index (χ1v) is 6.90. The molecule has 0 unspecified atom stereocenters. The van der Waals surface area contributed by atoms with Crippen molar-refractivity contribution in [1.82, 2.24) is 0 Å². The molecular formula is C15H14Cl2N2O2. The quantitative estimate of drug-likeness (QED) is 0.516. The third-order valence-corrected chi connectivity index (χ3v) is 3.52. The van der Waals surface area contributed by atoms with E-state index in [2.05, 4.69) is 5.16 Å². The van der Waals surface area contributed by atoms with Crippen LogP contribution in [0.3, 0.4) is 0 Å². The maximum absolute atomic E-state index is 6.05. The number of hydrogen-bond donors (Lipinski definition) is 1. The van der Waals surface area contributed by atoms with Gasteiger partial charge in [0.1, 0.15) is 12.4 Å². The van der Waals surface area contributed by atoms with Crippen LogP contribution in [0.15, 0.2) is 47.6 Å². The van der Waals surface area contributed by atoms with Crippen LogP contribution < -0.4 is 10.5 Å². The van der Waals surface area contributed by atoms with Crippen LogP contribution in [-0.4, -0.2) is 12.9 Å². The molecule has 0 bridgehead atoms. The minimum absolute atomic E-state index is 0.133. The molecule has 0 heterocycles. The van der Waals surface area contributed by atoms with E-state index in [0.717, 1.165) is 0 Å². The zero-order valence-electron chi connectivity index (χ0n) is 11.3. The summed E-state index contributed by atoms with van der Waals surface area (Å²) in [5.41, 5.74) is 7.21. The largest absolute Gasteiger partial charge is 0.496 e. The van der Waals surface area contributed by atoms with E-state index in [1.54, 1.807) is 37.4 Å². The van der Waals surface area contributed by atoms with Crippen LogP contribution in [0.4, 0.5) is 0 Å². The van der Waals surface area contributed by atoms with Crippen LogP contribution in [0.25, 0.3) is 0 Å². The number of amidine groups is 1. The van der Waals surface area contributed by atoms with Crippen molar-refractivity contribution < 1.29 is 9.57 Å². The van der Waals surface area contributed by atoms with Gasteiger partial charge in [0, 0.05) is 15.6 Å². The van der Waals surface area contributed by atoms with E-state index in [-0.39, 0.29) is 12.4 Å². The van der Waals surface area contributed by atoms with Crippen molar-refractivity contribution in [3.63, 3.8) is 0 Å². The van der Waals surface area contributed by atoms with Gasteiger partial charge in [0.05, 0.1) is 12.7 Å². The number of oxime groups is 1. The van der Waals surface area contributed by atoms with Gasteiger partial charge in [0.2, 0.25) is 0 Å². The van der Waals surface area contributed by atoms with Crippen LogP contribution >= 0.6 is 23.2 Å². The van der Waals surface area contributed by atoms with E-state index in [0.29, 0.717) is 26.9 Å². The molecule has 110 valence electrons. The smallest absolute Gasteiger partial charge is 0.174 e. The Labute approximate surface area is 133 Å². The summed E-state index contributed by atoms with van der Waals surface area (Å²) in [6.07, 6.45) is 0. The molecule has 4 nitrogen and oxygen atoms in total. The van der Waals surface area contributed by atoms with Gasteiger partial charge < -0.3 is 15.3 Å². The Balaban J connectivity index is 2.11. The van der Waals surface area contributed by atoms with Crippen molar-refractivity contribution in [3.05, 3.63) is 63.6 Å². The third-order valence-electron chi connectivity index (χ3n) is 2.82. The highest BCUT2D eigenvalue weighted by atomic mass is 35.5. The molecule has 2 aromatic carbocycles. The highest BCUT2D eigenvalue weighted by Gasteiger charge is 2.08. The van der Waals surface area contributed by atoms with Gasteiger partial charge in [-0.2, -0.15) is 0 Å². The highest BCUT2D eigenvalue weighted by molar-refractivity contribution is 6.35. The fraction of sp³-hybridized carbons (Fsp3) is 0.133. The van der Waals surface area contributed by atoms with Gasteiger partial charge in [-0.3, -0.25) is 0 Å². The lowest BCUT2D eigenvalue weighted by Crippen LogP contribution is -2.15. The Bertz CT molecular complexity index is 640. The van der Waals surface area contributed by atoms with Crippen LogP contribution in [0.1, 0.15) is 11.1 Å². The Morgan fingerprint density at radius 2 is 1.76 bits per heavy atom. The average Bonchev–Trinajstić information content (AvgIpc) is 2.50. The van der Waals surface area contributed by atoms with E-state index in [9.17, 15) is 0 Å². The Morgan fingerprint density at radius 1 is 1.10 bits per heavy atom. The minimum atomic E-state index is 0.133. The number of hydrogen-bond acceptors (Lipinski definition) is 3. The number of nitrogens with two attached hydrogens (primary N) is 1. The van der Waals surface area contributed by atoms with E-state index in [4.69, 9.17) is 38.5 Å². The third kappa shape index (κ3) is 3.80. The lowest BCUT2D eigenvalue weighted by molar-refractivity contribution is 0.130. The molecule has 0 aliphatic rings. The number of benzene rings is 2. The number of methoxy groups -OCH3 is 1. The van der Waals surface area contributed by atoms with Crippen molar-refractivity contribution >= 4 is 29.0 Å². The maximum atomic E-state index is 6.05. The standard InChI is InChI=1S/C15H14Cl2N2O2/c1-20-14-8-3-2-5-10(14)15(18)19-21-9-11-12(16)6-4-7-13(11)17/h2-8H,9H2,1H3,(H2,18,19). The molecule has 0 amide bonds. The van der Waals surface area contributed by atoms with E-state index < -0.39 is 0 Å². The molecule has 0 saturated heterocycles. The second-order valence-electron chi connectivity index (χ2n) is 4.15. The fourth-order valence-electron chi connectivity index (χ4n) is 1.74. The van der Waals surface area contributed by atoms with Crippen molar-refractivity contribution in [3.8, 4) is 5.75 Å². The summed E-state index contributed by atoms with van der Waals surface area (Å²) in [6.45, 7) is 0.133. The predicted octanol–water partition coefficient (Wildman–Crippen LogP) is 3.84. The van der Waals surface area contributed by atoms with Gasteiger partial charge in [-0.25, -0.2) is 0 Å². The minimum Gasteiger partial charge on any atom is -0.496 e. The lowest BCUT2D eigenvalue weighted by Gasteiger charge is -2.08. The number of para-hydroxylation sites is 1. The molecule has 2 aromatic rings. The second kappa shape index (κ2) is 7.20. The molecular weight excluding hydrogens is 311 g/mol. The molecule has 0 spiro atoms. The van der Waals surface area contributed by atoms with Crippen molar-refractivity contribution in [1.29, 1.82) is 0 Å². The summed E-state index contributed by atoms with van der Waals surface area (Å²) < 4.78 is 5.21. The first-order valence-electron chi connectivity index (χ1n) is 6.15. The number of halogens is 2. The van der Waals surface area contributed by atoms with Gasteiger partial charge in [-0.05, 0) is 24.3 Å². The second-order valence-corrected chi connectivity index (χ2v) is 4.96. The van der Waals surface area contributed by atoms with Crippen LogP contribution in [0, 0.1) is 0 Å². The lowest BCUT2D eigenvalue weighted by atomic mass is 10.2. The molecule has 0 aliphatic carbocycles. The SMILES string of the molecule is COc1ccccc1/C(N)=N/OCc1c(Cl)cccc1Cl. The summed E-state index contributed by atoms with van der Waals surface area (Å²) in [6, 6.07) is 12.5. The fourth-order valence-corrected chi connectivity index (χ4v) is 2.25. The van der Waals surface area contributed by atoms with E-state index in [1.807, 2.05) is 12.1 Å². The number of ether oxygens (including phenoxy) is 1. The zero-order valence-corrected chi connectivity index (χ0v) is 12.9. The van der Waals surface area contributed by atoms with Gasteiger partial charge in [0.25, 0.3) is 0 Å². The molecule has 0 aliphatic heterocycles. The molecule has 0 fully saturated rings. The molecule has 0 radical (unpaired) electrons. The van der Waals surface area contributed by atoms with Crippen LogP contribution in [0.5, 0.6) is 5.75 Å². The van der Waals surface area contributed by atoms with Crippen molar-refractivity contribution in [2.45, 2.75) is 6.61 Å². The van der Waals surface area contributed by atoms with Gasteiger partial charge in [-0.1, -0.05) is 46.6 Å². The number of nitrogens with zero attached hydrogens (tertiary/aromatic N) is 1. The maximum Gasteiger partial charge on any atom is 0.174 e. The van der Waals surface area contributed by atoms with Crippen LogP contribution in [-0.2, 0) is 11.4 Å². The predicted molar refractivity (Wildman–Crippen MR) is 85.0 cm³/mol. The summed E-state index contributed by atoms with van der Waals surface area (Å²) >= 11 is 12.1. The average molecular weight is 325 g/mol. The molecule has 0 aromatic heterocycles. The van der Waals surface area contributed by atoms with E-state index in [1.165, 1.54) is 0 Å². The molecule has 0 saturated carbocycles. The Morgan fingerprint density at radius 3 is 2.43 bits per heavy atom. The van der Waals surface area contributed by atoms with Gasteiger partial charge in [0.15, 0.2) is 5.84 Å². The first-order chi connectivity index (χ1) is 10.1. The van der Waals surface area contributed by atoms with Gasteiger partial charge in [-0.15, -0.1) is 0 Å². The molecule has 2 N–H and O–H groups in total. The molecule has 2 rings (SSSR count). The van der Waals surface area contributed by atoms with Gasteiger partial charge >= 0.3 is 0 Å². The topological polar surface area (TPSA) is 56.8 Å². The highest BCUT2D eigenvalue weighted by Crippen LogP contribution is 2.25. The molecule has 6 heteroatoms. The van der Waals surface area contributed by atoms with Crippen molar-refractivity contribution in [2.75, 3.05) is 7.11 Å². The Hall–Kier alpha value is -1.91. The van der Waals surface area contributed by atoms with Crippen molar-refractivity contribution in [2.24, 2.45) is 10.9 Å². The monoisotopic (exact) mass is 324 g/mol. The van der Waals surface area contributed by atoms with Crippen LogP contribution in [0.2, 0.25) is 10.0 Å². The van der Waals surface area contributed by atoms with E-state index >= 15 is 0 Å². The molecule has 21 heavy (non-hydrogen) atoms. The summed E-state index contributed by atoms with van der Waals surface area (Å²) in [5.74, 6) is 0.841. The number of rotatable bonds is 5. The normalized spacial score (nSPS) is 11.3. The Kier molecular flexibility index (Phi) is 5.31. The first kappa shape index (κ1) is 15.5. The summed E-state index contributed by atoms with van der Waals surface area (Å²) in [7, 11) is 1.57. The summed E-state index contributed by atoms with van der Waals surface area (Å²) in [5, 5.41) is 4.92. The summed E-state index contributed by atoms with van der Waals surface area (Å²) in [4.78, 5) is 5.24. The zero-order chi connectivity index (χ0) is 15.2.